The summed E-state index contributed by atoms with van der Waals surface area (Å²) in [5.74, 6) is 1.65. The van der Waals surface area contributed by atoms with Gasteiger partial charge in [0, 0.05) is 38.8 Å². The molecule has 0 spiro atoms. The molecule has 1 fully saturated rings. The summed E-state index contributed by atoms with van der Waals surface area (Å²) in [7, 11) is 1.01. The van der Waals surface area contributed by atoms with Crippen LogP contribution >= 0.6 is 0 Å². The van der Waals surface area contributed by atoms with Crippen LogP contribution in [0.4, 0.5) is 0 Å². The molecule has 3 aromatic carbocycles. The van der Waals surface area contributed by atoms with Gasteiger partial charge in [-0.1, -0.05) is 42.0 Å². The molecule has 38 heavy (non-hydrogen) atoms. The van der Waals surface area contributed by atoms with Crippen molar-refractivity contribution < 1.29 is 27.4 Å². The van der Waals surface area contributed by atoms with E-state index in [0.29, 0.717) is 50.8 Å². The van der Waals surface area contributed by atoms with Crippen LogP contribution in [-0.4, -0.2) is 71.7 Å². The minimum atomic E-state index is -3.66. The lowest BCUT2D eigenvalue weighted by Crippen LogP contribution is -2.49. The van der Waals surface area contributed by atoms with E-state index in [4.69, 9.17) is 18.9 Å². The Hall–Kier alpha value is -3.11. The summed E-state index contributed by atoms with van der Waals surface area (Å²) in [4.78, 5) is 2.44. The first-order valence-corrected chi connectivity index (χ1v) is 14.0. The number of ether oxygens (including phenoxy) is 4. The largest absolute Gasteiger partial charge is 0.497 e. The lowest BCUT2D eigenvalue weighted by molar-refractivity contribution is 0.00762. The maximum atomic E-state index is 13.3. The van der Waals surface area contributed by atoms with E-state index < -0.39 is 10.0 Å². The van der Waals surface area contributed by atoms with Crippen molar-refractivity contribution in [1.82, 2.24) is 9.21 Å². The van der Waals surface area contributed by atoms with Gasteiger partial charge in [-0.05, 0) is 42.3 Å². The Morgan fingerprint density at radius 2 is 1.53 bits per heavy atom. The van der Waals surface area contributed by atoms with Crippen molar-refractivity contribution in [3.8, 4) is 17.2 Å². The summed E-state index contributed by atoms with van der Waals surface area (Å²) in [6, 6.07) is 20.9. The molecule has 0 aromatic heterocycles. The van der Waals surface area contributed by atoms with Crippen LogP contribution < -0.4 is 14.2 Å². The zero-order valence-electron chi connectivity index (χ0n) is 22.4. The highest BCUT2D eigenvalue weighted by Gasteiger charge is 2.30. The van der Waals surface area contributed by atoms with Gasteiger partial charge < -0.3 is 18.9 Å². The van der Waals surface area contributed by atoms with E-state index in [1.807, 2.05) is 24.3 Å². The van der Waals surface area contributed by atoms with Gasteiger partial charge in [0.1, 0.15) is 5.75 Å². The fourth-order valence-corrected chi connectivity index (χ4v) is 5.93. The van der Waals surface area contributed by atoms with E-state index in [1.165, 1.54) is 30.2 Å². The lowest BCUT2D eigenvalue weighted by atomic mass is 10.1. The average Bonchev–Trinajstić information content (AvgIpc) is 2.96. The quantitative estimate of drug-likeness (QED) is 0.359. The molecule has 0 bridgehead atoms. The van der Waals surface area contributed by atoms with E-state index in [1.54, 1.807) is 19.2 Å². The zero-order valence-corrected chi connectivity index (χ0v) is 23.2. The monoisotopic (exact) mass is 540 g/mol. The molecule has 8 nitrogen and oxygen atoms in total. The molecule has 0 radical (unpaired) electrons. The molecule has 0 N–H and O–H groups in total. The second-order valence-corrected chi connectivity index (χ2v) is 11.2. The number of sulfonamides is 1. The van der Waals surface area contributed by atoms with Gasteiger partial charge in [0.25, 0.3) is 0 Å². The van der Waals surface area contributed by atoms with Gasteiger partial charge >= 0.3 is 0 Å². The summed E-state index contributed by atoms with van der Waals surface area (Å²) in [6.45, 7) is 5.16. The summed E-state index contributed by atoms with van der Waals surface area (Å²) < 4.78 is 50.6. The van der Waals surface area contributed by atoms with Crippen molar-refractivity contribution in [2.45, 2.75) is 24.5 Å². The van der Waals surface area contributed by atoms with Crippen LogP contribution in [-0.2, 0) is 21.4 Å². The smallest absolute Gasteiger partial charge is 0.243 e. The Kier molecular flexibility index (Phi) is 9.27. The third kappa shape index (κ3) is 6.66. The Labute approximate surface area is 225 Å². The maximum absolute atomic E-state index is 13.3. The van der Waals surface area contributed by atoms with Crippen LogP contribution in [0.3, 0.4) is 0 Å². The Morgan fingerprint density at radius 1 is 0.816 bits per heavy atom. The normalized spacial score (nSPS) is 15.7. The second-order valence-electron chi connectivity index (χ2n) is 9.28. The molecule has 1 aliphatic rings. The number of nitrogens with zero attached hydrogens (tertiary/aromatic N) is 2. The molecule has 0 aliphatic carbocycles. The van der Waals surface area contributed by atoms with Crippen molar-refractivity contribution in [2.75, 3.05) is 54.1 Å². The summed E-state index contributed by atoms with van der Waals surface area (Å²) in [5.41, 5.74) is 3.34. The van der Waals surface area contributed by atoms with Crippen LogP contribution in [0, 0.1) is 6.92 Å². The standard InChI is InChI=1S/C29H36N2O6S/c1-22-8-10-23(11-9-22)21-37-29(24-6-5-7-25(18-24)34-2)20-30-14-16-31(17-15-30)38(32,33)26-12-13-27(35-3)28(19-26)36-4/h5-13,18-19,29H,14-17,20-21H2,1-4H3. The van der Waals surface area contributed by atoms with Gasteiger partial charge in [-0.3, -0.25) is 4.90 Å². The predicted octanol–water partition coefficient (Wildman–Crippen LogP) is 4.29. The molecule has 1 heterocycles. The molecule has 3 aromatic rings. The highest BCUT2D eigenvalue weighted by molar-refractivity contribution is 7.89. The van der Waals surface area contributed by atoms with Crippen LogP contribution in [0.2, 0.25) is 0 Å². The average molecular weight is 541 g/mol. The van der Waals surface area contributed by atoms with Crippen molar-refractivity contribution in [1.29, 1.82) is 0 Å². The number of rotatable bonds is 11. The van der Waals surface area contributed by atoms with E-state index >= 15 is 0 Å². The summed E-state index contributed by atoms with van der Waals surface area (Å²) in [5, 5.41) is 0. The summed E-state index contributed by atoms with van der Waals surface area (Å²) >= 11 is 0. The van der Waals surface area contributed by atoms with Crippen LogP contribution in [0.25, 0.3) is 0 Å². The minimum absolute atomic E-state index is 0.194. The molecule has 1 unspecified atom stereocenters. The molecule has 1 saturated heterocycles. The van der Waals surface area contributed by atoms with Crippen LogP contribution in [0.5, 0.6) is 17.2 Å². The van der Waals surface area contributed by atoms with E-state index in [9.17, 15) is 8.42 Å². The molecule has 0 amide bonds. The molecule has 0 saturated carbocycles. The number of aryl methyl sites for hydroxylation is 1. The topological polar surface area (TPSA) is 77.5 Å². The van der Waals surface area contributed by atoms with E-state index in [-0.39, 0.29) is 11.0 Å². The van der Waals surface area contributed by atoms with Crippen molar-refractivity contribution in [2.24, 2.45) is 0 Å². The zero-order chi connectivity index (χ0) is 27.1. The highest BCUT2D eigenvalue weighted by Crippen LogP contribution is 2.31. The molecule has 9 heteroatoms. The van der Waals surface area contributed by atoms with E-state index in [2.05, 4.69) is 36.1 Å². The third-order valence-electron chi connectivity index (χ3n) is 6.79. The molecular formula is C29H36N2O6S. The molecular weight excluding hydrogens is 504 g/mol. The third-order valence-corrected chi connectivity index (χ3v) is 8.68. The lowest BCUT2D eigenvalue weighted by Gasteiger charge is -2.36. The second kappa shape index (κ2) is 12.6. The number of benzene rings is 3. The first-order valence-electron chi connectivity index (χ1n) is 12.6. The van der Waals surface area contributed by atoms with E-state index in [0.717, 1.165) is 16.9 Å². The first-order chi connectivity index (χ1) is 18.3. The SMILES string of the molecule is COc1cccc(C(CN2CCN(S(=O)(=O)c3ccc(OC)c(OC)c3)CC2)OCc2ccc(C)cc2)c1. The number of hydrogen-bond acceptors (Lipinski definition) is 7. The predicted molar refractivity (Wildman–Crippen MR) is 146 cm³/mol. The number of piperazine rings is 1. The van der Waals surface area contributed by atoms with Gasteiger partial charge in [0.2, 0.25) is 10.0 Å². The molecule has 1 atom stereocenters. The Bertz CT molecular complexity index is 1300. The van der Waals surface area contributed by atoms with Crippen molar-refractivity contribution >= 4 is 10.0 Å². The van der Waals surface area contributed by atoms with Crippen molar-refractivity contribution in [3.63, 3.8) is 0 Å². The maximum Gasteiger partial charge on any atom is 0.243 e. The summed E-state index contributed by atoms with van der Waals surface area (Å²) in [6.07, 6.45) is -0.194. The fraction of sp³-hybridized carbons (Fsp3) is 0.379. The first kappa shape index (κ1) is 27.9. The van der Waals surface area contributed by atoms with Gasteiger partial charge in [-0.25, -0.2) is 8.42 Å². The Balaban J connectivity index is 1.44. The van der Waals surface area contributed by atoms with Crippen molar-refractivity contribution in [3.05, 3.63) is 83.4 Å². The molecule has 204 valence electrons. The highest BCUT2D eigenvalue weighted by atomic mass is 32.2. The fourth-order valence-electron chi connectivity index (χ4n) is 4.49. The van der Waals surface area contributed by atoms with Gasteiger partial charge in [0.05, 0.1) is 38.9 Å². The van der Waals surface area contributed by atoms with Gasteiger partial charge in [-0.15, -0.1) is 0 Å². The number of methoxy groups -OCH3 is 3. The molecule has 4 rings (SSSR count). The van der Waals surface area contributed by atoms with Crippen LogP contribution in [0.1, 0.15) is 22.8 Å². The van der Waals surface area contributed by atoms with Gasteiger partial charge in [0.15, 0.2) is 11.5 Å². The van der Waals surface area contributed by atoms with Gasteiger partial charge in [-0.2, -0.15) is 4.31 Å². The number of hydrogen-bond donors (Lipinski definition) is 0. The minimum Gasteiger partial charge on any atom is -0.497 e. The van der Waals surface area contributed by atoms with Crippen LogP contribution in [0.15, 0.2) is 71.6 Å². The molecule has 1 aliphatic heterocycles. The Morgan fingerprint density at radius 3 is 2.18 bits per heavy atom.